The zero-order valence-electron chi connectivity index (χ0n) is 32.0. The standard InChI is InChI=1S/C39H48N4O13/c1-6-12-34(44)41-24-33(55-38(48)53-29-19-17-28(18-20-29)43(49)50)27-16-21-31(32(23-27)51-5)54-35(45)30(15-10-11-22-40-36(46)56-39(2,3)4)42-37(47)52-25-26-13-8-7-9-14-26/h7-9,13-14,16-21,23,30,33H,6,10-12,15,22,24-25H2,1-5H3,(H,40,46)(H,41,44)(H,42,47)/t30-,33?/m0/s1. The first-order valence-corrected chi connectivity index (χ1v) is 17.9. The van der Waals surface area contributed by atoms with Gasteiger partial charge in [0.25, 0.3) is 5.69 Å². The van der Waals surface area contributed by atoms with Gasteiger partial charge in [-0.3, -0.25) is 14.9 Å². The predicted octanol–water partition coefficient (Wildman–Crippen LogP) is 6.67. The number of amides is 3. The van der Waals surface area contributed by atoms with Gasteiger partial charge >= 0.3 is 24.3 Å². The molecular formula is C39H48N4O13. The third-order valence-electron chi connectivity index (χ3n) is 7.60. The van der Waals surface area contributed by atoms with Gasteiger partial charge in [-0.1, -0.05) is 43.3 Å². The molecule has 302 valence electrons. The number of nitrogens with one attached hydrogen (secondary N) is 3. The van der Waals surface area contributed by atoms with Crippen LogP contribution in [0, 0.1) is 10.1 Å². The van der Waals surface area contributed by atoms with Crippen molar-refractivity contribution in [1.29, 1.82) is 0 Å². The third kappa shape index (κ3) is 15.9. The van der Waals surface area contributed by atoms with Crippen LogP contribution in [-0.2, 0) is 30.4 Å². The summed E-state index contributed by atoms with van der Waals surface area (Å²) in [4.78, 5) is 73.8. The Morgan fingerprint density at radius 1 is 0.857 bits per heavy atom. The Balaban J connectivity index is 1.75. The maximum Gasteiger partial charge on any atom is 0.514 e. The number of esters is 1. The van der Waals surface area contributed by atoms with E-state index in [0.29, 0.717) is 24.8 Å². The summed E-state index contributed by atoms with van der Waals surface area (Å²) in [5, 5.41) is 18.9. The summed E-state index contributed by atoms with van der Waals surface area (Å²) in [7, 11) is 1.33. The molecule has 2 atom stereocenters. The number of non-ortho nitro benzene ring substituents is 1. The van der Waals surface area contributed by atoms with Crippen molar-refractivity contribution >= 4 is 35.9 Å². The van der Waals surface area contributed by atoms with Crippen LogP contribution in [-0.4, -0.2) is 67.0 Å². The molecule has 0 bridgehead atoms. The lowest BCUT2D eigenvalue weighted by Crippen LogP contribution is -2.43. The fraction of sp³-hybridized carbons (Fsp3) is 0.410. The van der Waals surface area contributed by atoms with E-state index in [-0.39, 0.29) is 61.4 Å². The second kappa shape index (κ2) is 22.1. The summed E-state index contributed by atoms with van der Waals surface area (Å²) in [6, 6.07) is 16.9. The molecule has 0 spiro atoms. The van der Waals surface area contributed by atoms with Gasteiger partial charge in [-0.05, 0) is 81.8 Å². The number of hydrogen-bond acceptors (Lipinski definition) is 13. The second-order valence-electron chi connectivity index (χ2n) is 13.3. The average molecular weight is 781 g/mol. The molecule has 3 amide bonds. The molecule has 0 saturated carbocycles. The Labute approximate surface area is 324 Å². The normalized spacial score (nSPS) is 11.9. The largest absolute Gasteiger partial charge is 0.514 e. The van der Waals surface area contributed by atoms with E-state index >= 15 is 0 Å². The number of nitrogens with zero attached hydrogens (tertiary/aromatic N) is 1. The Morgan fingerprint density at radius 2 is 1.57 bits per heavy atom. The van der Waals surface area contributed by atoms with Crippen molar-refractivity contribution in [3.63, 3.8) is 0 Å². The highest BCUT2D eigenvalue weighted by Crippen LogP contribution is 2.32. The molecule has 0 radical (unpaired) electrons. The number of rotatable bonds is 19. The predicted molar refractivity (Wildman–Crippen MR) is 201 cm³/mol. The van der Waals surface area contributed by atoms with E-state index in [1.54, 1.807) is 45.0 Å². The highest BCUT2D eigenvalue weighted by molar-refractivity contribution is 5.83. The van der Waals surface area contributed by atoms with Crippen LogP contribution < -0.4 is 30.2 Å². The number of benzene rings is 3. The summed E-state index contributed by atoms with van der Waals surface area (Å²) < 4.78 is 32.5. The van der Waals surface area contributed by atoms with Crippen LogP contribution in [0.5, 0.6) is 17.2 Å². The number of alkyl carbamates (subject to hydrolysis) is 2. The van der Waals surface area contributed by atoms with Gasteiger partial charge in [0.1, 0.15) is 30.1 Å². The molecule has 1 unspecified atom stereocenters. The van der Waals surface area contributed by atoms with E-state index in [0.717, 1.165) is 17.7 Å². The van der Waals surface area contributed by atoms with Gasteiger partial charge in [-0.2, -0.15) is 0 Å². The van der Waals surface area contributed by atoms with Crippen molar-refractivity contribution < 1.29 is 57.3 Å². The van der Waals surface area contributed by atoms with Crippen molar-refractivity contribution in [3.8, 4) is 17.2 Å². The van der Waals surface area contributed by atoms with Gasteiger partial charge in [-0.15, -0.1) is 0 Å². The van der Waals surface area contributed by atoms with E-state index in [2.05, 4.69) is 16.0 Å². The minimum Gasteiger partial charge on any atom is -0.493 e. The average Bonchev–Trinajstić information content (AvgIpc) is 3.15. The summed E-state index contributed by atoms with van der Waals surface area (Å²) in [6.07, 6.45) is -1.92. The molecule has 0 saturated heterocycles. The van der Waals surface area contributed by atoms with Gasteiger partial charge < -0.3 is 44.4 Å². The smallest absolute Gasteiger partial charge is 0.493 e. The number of nitro groups is 1. The monoisotopic (exact) mass is 780 g/mol. The molecule has 3 N–H and O–H groups in total. The Morgan fingerprint density at radius 3 is 2.21 bits per heavy atom. The Kier molecular flexibility index (Phi) is 17.4. The van der Waals surface area contributed by atoms with Crippen LogP contribution in [0.3, 0.4) is 0 Å². The van der Waals surface area contributed by atoms with E-state index in [1.807, 2.05) is 13.0 Å². The van der Waals surface area contributed by atoms with Crippen molar-refractivity contribution in [3.05, 3.63) is 94.0 Å². The van der Waals surface area contributed by atoms with Crippen molar-refractivity contribution in [2.75, 3.05) is 20.2 Å². The summed E-state index contributed by atoms with van der Waals surface area (Å²) in [5.41, 5.74) is 0.208. The minimum atomic E-state index is -1.16. The van der Waals surface area contributed by atoms with E-state index in [1.165, 1.54) is 37.4 Å². The number of carbonyl (C=O) groups excluding carboxylic acids is 5. The van der Waals surface area contributed by atoms with E-state index < -0.39 is 47.0 Å². The molecular weight excluding hydrogens is 732 g/mol. The van der Waals surface area contributed by atoms with Gasteiger partial charge in [0, 0.05) is 25.1 Å². The fourth-order valence-corrected chi connectivity index (χ4v) is 4.90. The molecule has 3 rings (SSSR count). The fourth-order valence-electron chi connectivity index (χ4n) is 4.90. The maximum atomic E-state index is 13.5. The van der Waals surface area contributed by atoms with Crippen LogP contribution in [0.15, 0.2) is 72.8 Å². The maximum absolute atomic E-state index is 13.5. The molecule has 0 aliphatic rings. The number of carbonyl (C=O) groups is 5. The molecule has 3 aromatic rings. The molecule has 56 heavy (non-hydrogen) atoms. The van der Waals surface area contributed by atoms with Crippen molar-refractivity contribution in [1.82, 2.24) is 16.0 Å². The first kappa shape index (κ1) is 44.0. The topological polar surface area (TPSA) is 220 Å². The highest BCUT2D eigenvalue weighted by Gasteiger charge is 2.27. The number of ether oxygens (including phenoxy) is 6. The van der Waals surface area contributed by atoms with Gasteiger partial charge in [0.2, 0.25) is 5.91 Å². The van der Waals surface area contributed by atoms with Crippen LogP contribution in [0.1, 0.15) is 77.0 Å². The summed E-state index contributed by atoms with van der Waals surface area (Å²) in [6.45, 7) is 7.14. The zero-order valence-corrected chi connectivity index (χ0v) is 32.0. The molecule has 17 heteroatoms. The third-order valence-corrected chi connectivity index (χ3v) is 7.60. The van der Waals surface area contributed by atoms with Gasteiger partial charge in [-0.25, -0.2) is 19.2 Å². The molecule has 3 aromatic carbocycles. The molecule has 17 nitrogen and oxygen atoms in total. The SMILES string of the molecule is CCCC(=O)NCC(OC(=O)Oc1ccc([N+](=O)[O-])cc1)c1ccc(OC(=O)[C@H](CCCCNC(=O)OC(C)(C)C)NC(=O)OCc2ccccc2)c(OC)c1. The van der Waals surface area contributed by atoms with Gasteiger partial charge in [0.15, 0.2) is 11.5 Å². The lowest BCUT2D eigenvalue weighted by atomic mass is 10.1. The molecule has 0 fully saturated rings. The van der Waals surface area contributed by atoms with Crippen LogP contribution >= 0.6 is 0 Å². The zero-order chi connectivity index (χ0) is 41.1. The summed E-state index contributed by atoms with van der Waals surface area (Å²) >= 11 is 0. The number of methoxy groups -OCH3 is 1. The summed E-state index contributed by atoms with van der Waals surface area (Å²) in [5.74, 6) is -1.11. The molecule has 0 aromatic heterocycles. The molecule has 0 aliphatic carbocycles. The lowest BCUT2D eigenvalue weighted by molar-refractivity contribution is -0.384. The van der Waals surface area contributed by atoms with Gasteiger partial charge in [0.05, 0.1) is 18.6 Å². The Hall–Kier alpha value is -6.39. The quantitative estimate of drug-likeness (QED) is 0.0220. The molecule has 0 heterocycles. The molecule has 0 aliphatic heterocycles. The van der Waals surface area contributed by atoms with E-state index in [9.17, 15) is 34.1 Å². The highest BCUT2D eigenvalue weighted by atomic mass is 16.7. The first-order chi connectivity index (χ1) is 26.7. The number of unbranched alkanes of at least 4 members (excludes halogenated alkanes) is 1. The number of hydrogen-bond donors (Lipinski definition) is 3. The Bertz CT molecular complexity index is 1780. The number of nitro benzene ring substituents is 1. The van der Waals surface area contributed by atoms with Crippen LogP contribution in [0.4, 0.5) is 20.1 Å². The van der Waals surface area contributed by atoms with Crippen molar-refractivity contribution in [2.45, 2.75) is 84.2 Å². The van der Waals surface area contributed by atoms with Crippen LogP contribution in [0.25, 0.3) is 0 Å². The second-order valence-corrected chi connectivity index (χ2v) is 13.3. The first-order valence-electron chi connectivity index (χ1n) is 17.9. The lowest BCUT2D eigenvalue weighted by Gasteiger charge is -2.21. The van der Waals surface area contributed by atoms with Crippen molar-refractivity contribution in [2.24, 2.45) is 0 Å². The van der Waals surface area contributed by atoms with Crippen LogP contribution in [0.2, 0.25) is 0 Å². The minimum absolute atomic E-state index is 0.0133. The van der Waals surface area contributed by atoms with E-state index in [4.69, 9.17) is 28.4 Å².